The smallest absolute Gasteiger partial charge is 0.336 e. The number of rotatable bonds is 2. The highest BCUT2D eigenvalue weighted by atomic mass is 32.2. The van der Waals surface area contributed by atoms with Gasteiger partial charge >= 0.3 is 5.97 Å². The summed E-state index contributed by atoms with van der Waals surface area (Å²) in [5.74, 6) is -0.870. The molecule has 18 heavy (non-hydrogen) atoms. The van der Waals surface area contributed by atoms with Gasteiger partial charge in [0.05, 0.1) is 17.0 Å². The predicted molar refractivity (Wildman–Crippen MR) is 68.4 cm³/mol. The predicted octanol–water partition coefficient (Wildman–Crippen LogP) is 1.48. The van der Waals surface area contributed by atoms with Crippen LogP contribution in [0.25, 0.3) is 0 Å². The molecule has 0 spiro atoms. The van der Waals surface area contributed by atoms with E-state index in [9.17, 15) is 13.2 Å². The molecule has 1 aromatic carbocycles. The lowest BCUT2D eigenvalue weighted by Gasteiger charge is -2.20. The minimum atomic E-state index is -3.31. The third kappa shape index (κ3) is 2.08. The van der Waals surface area contributed by atoms with Crippen molar-refractivity contribution in [1.82, 2.24) is 0 Å². The van der Waals surface area contributed by atoms with Gasteiger partial charge in [0, 0.05) is 6.54 Å². The minimum absolute atomic E-state index is 0.0582. The van der Waals surface area contributed by atoms with Gasteiger partial charge in [-0.15, -0.1) is 0 Å². The Morgan fingerprint density at radius 2 is 2.11 bits per heavy atom. The average molecular weight is 269 g/mol. The first kappa shape index (κ1) is 12.9. The monoisotopic (exact) mass is 269 g/mol. The van der Waals surface area contributed by atoms with E-state index in [2.05, 4.69) is 0 Å². The summed E-state index contributed by atoms with van der Waals surface area (Å²) in [6.45, 7) is 3.91. The zero-order valence-electron chi connectivity index (χ0n) is 10.3. The summed E-state index contributed by atoms with van der Waals surface area (Å²) in [7, 11) is -3.31. The summed E-state index contributed by atoms with van der Waals surface area (Å²) in [6, 6.07) is 4.70. The summed E-state index contributed by atoms with van der Waals surface area (Å²) in [6.07, 6.45) is 0. The van der Waals surface area contributed by atoms with Crippen molar-refractivity contribution in [2.45, 2.75) is 13.8 Å². The second-order valence-corrected chi connectivity index (χ2v) is 6.61. The quantitative estimate of drug-likeness (QED) is 0.882. The van der Waals surface area contributed by atoms with E-state index in [4.69, 9.17) is 5.11 Å². The van der Waals surface area contributed by atoms with Crippen LogP contribution >= 0.6 is 0 Å². The van der Waals surface area contributed by atoms with Crippen molar-refractivity contribution in [2.24, 2.45) is 5.92 Å². The molecule has 0 amide bonds. The number of carbonyl (C=O) groups is 1. The van der Waals surface area contributed by atoms with Crippen molar-refractivity contribution >= 4 is 21.7 Å². The van der Waals surface area contributed by atoms with Gasteiger partial charge in [-0.2, -0.15) is 0 Å². The van der Waals surface area contributed by atoms with Gasteiger partial charge in [-0.25, -0.2) is 13.2 Å². The maximum Gasteiger partial charge on any atom is 0.336 e. The molecule has 5 nitrogen and oxygen atoms in total. The van der Waals surface area contributed by atoms with E-state index in [0.29, 0.717) is 17.8 Å². The first-order chi connectivity index (χ1) is 8.33. The van der Waals surface area contributed by atoms with Crippen LogP contribution in [-0.2, 0) is 10.0 Å². The third-order valence-electron chi connectivity index (χ3n) is 3.11. The molecule has 0 aliphatic carbocycles. The van der Waals surface area contributed by atoms with Crippen molar-refractivity contribution < 1.29 is 18.3 Å². The van der Waals surface area contributed by atoms with Crippen LogP contribution in [0.3, 0.4) is 0 Å². The molecule has 0 radical (unpaired) electrons. The fourth-order valence-corrected chi connectivity index (χ4v) is 4.26. The van der Waals surface area contributed by atoms with Crippen LogP contribution in [-0.4, -0.2) is 31.8 Å². The summed E-state index contributed by atoms with van der Waals surface area (Å²) in [5.41, 5.74) is 1.10. The maximum absolute atomic E-state index is 12.0. The third-order valence-corrected chi connectivity index (χ3v) is 5.12. The van der Waals surface area contributed by atoms with Gasteiger partial charge < -0.3 is 5.11 Å². The Labute approximate surface area is 106 Å². The molecule has 1 saturated heterocycles. The van der Waals surface area contributed by atoms with Gasteiger partial charge in [0.2, 0.25) is 10.0 Å². The van der Waals surface area contributed by atoms with E-state index in [1.165, 1.54) is 10.4 Å². The molecule has 98 valence electrons. The first-order valence-corrected chi connectivity index (χ1v) is 7.27. The number of sulfonamides is 1. The van der Waals surface area contributed by atoms with Crippen molar-refractivity contribution in [2.75, 3.05) is 16.6 Å². The minimum Gasteiger partial charge on any atom is -0.478 e. The molecule has 1 unspecified atom stereocenters. The molecule has 1 aliphatic rings. The van der Waals surface area contributed by atoms with Gasteiger partial charge in [0.15, 0.2) is 0 Å². The number of anilines is 1. The number of hydrogen-bond acceptors (Lipinski definition) is 3. The molecule has 1 N–H and O–H groups in total. The lowest BCUT2D eigenvalue weighted by molar-refractivity contribution is 0.0696. The number of carboxylic acids is 1. The molecule has 1 atom stereocenters. The molecule has 0 aromatic heterocycles. The molecule has 0 saturated carbocycles. The Balaban J connectivity index is 2.53. The summed E-state index contributed by atoms with van der Waals surface area (Å²) in [4.78, 5) is 11.0. The SMILES string of the molecule is Cc1c(C(=O)O)cccc1N1CC(C)CS1(=O)=O. The molecule has 6 heteroatoms. The average Bonchev–Trinajstić information content (AvgIpc) is 2.51. The fraction of sp³-hybridized carbons (Fsp3) is 0.417. The van der Waals surface area contributed by atoms with Gasteiger partial charge in [-0.1, -0.05) is 13.0 Å². The standard InChI is InChI=1S/C12H15NO4S/c1-8-6-13(18(16,17)7-8)11-5-3-4-10(9(11)2)12(14)15/h3-5,8H,6-7H2,1-2H3,(H,14,15). The highest BCUT2D eigenvalue weighted by Crippen LogP contribution is 2.31. The second-order valence-electron chi connectivity index (χ2n) is 4.67. The van der Waals surface area contributed by atoms with Crippen LogP contribution in [0.4, 0.5) is 5.69 Å². The number of benzene rings is 1. The number of hydrogen-bond donors (Lipinski definition) is 1. The zero-order chi connectivity index (χ0) is 13.5. The molecular formula is C12H15NO4S. The highest BCUT2D eigenvalue weighted by Gasteiger charge is 2.34. The Bertz CT molecular complexity index is 594. The topological polar surface area (TPSA) is 74.7 Å². The fourth-order valence-electron chi connectivity index (χ4n) is 2.27. The van der Waals surface area contributed by atoms with E-state index in [0.717, 1.165) is 0 Å². The second kappa shape index (κ2) is 4.28. The van der Waals surface area contributed by atoms with E-state index in [1.807, 2.05) is 6.92 Å². The van der Waals surface area contributed by atoms with E-state index in [-0.39, 0.29) is 17.2 Å². The van der Waals surface area contributed by atoms with Crippen LogP contribution in [0.5, 0.6) is 0 Å². The Morgan fingerprint density at radius 3 is 2.61 bits per heavy atom. The van der Waals surface area contributed by atoms with Crippen molar-refractivity contribution in [3.05, 3.63) is 29.3 Å². The van der Waals surface area contributed by atoms with Gasteiger partial charge in [-0.05, 0) is 30.5 Å². The van der Waals surface area contributed by atoms with E-state index >= 15 is 0 Å². The normalized spacial score (nSPS) is 22.1. The Hall–Kier alpha value is -1.56. The van der Waals surface area contributed by atoms with Crippen LogP contribution in [0.15, 0.2) is 18.2 Å². The summed E-state index contributed by atoms with van der Waals surface area (Å²) < 4.78 is 25.3. The van der Waals surface area contributed by atoms with Crippen molar-refractivity contribution in [3.63, 3.8) is 0 Å². The van der Waals surface area contributed by atoms with Gasteiger partial charge in [-0.3, -0.25) is 4.31 Å². The molecular weight excluding hydrogens is 254 g/mol. The molecule has 1 fully saturated rings. The van der Waals surface area contributed by atoms with Crippen LogP contribution in [0.1, 0.15) is 22.8 Å². The Kier molecular flexibility index (Phi) is 3.06. The highest BCUT2D eigenvalue weighted by molar-refractivity contribution is 7.93. The van der Waals surface area contributed by atoms with Crippen LogP contribution in [0, 0.1) is 12.8 Å². The lowest BCUT2D eigenvalue weighted by atomic mass is 10.1. The molecule has 1 aliphatic heterocycles. The molecule has 0 bridgehead atoms. The first-order valence-electron chi connectivity index (χ1n) is 5.66. The van der Waals surface area contributed by atoms with Gasteiger partial charge in [0.25, 0.3) is 0 Å². The Morgan fingerprint density at radius 1 is 1.44 bits per heavy atom. The molecule has 1 aromatic rings. The maximum atomic E-state index is 12.0. The van der Waals surface area contributed by atoms with E-state index < -0.39 is 16.0 Å². The number of nitrogens with zero attached hydrogens (tertiary/aromatic N) is 1. The molecule has 1 heterocycles. The van der Waals surface area contributed by atoms with Crippen LogP contribution in [0.2, 0.25) is 0 Å². The van der Waals surface area contributed by atoms with Gasteiger partial charge in [0.1, 0.15) is 0 Å². The zero-order valence-corrected chi connectivity index (χ0v) is 11.1. The summed E-state index contributed by atoms with van der Waals surface area (Å²) in [5, 5.41) is 9.05. The van der Waals surface area contributed by atoms with Crippen LogP contribution < -0.4 is 4.31 Å². The van der Waals surface area contributed by atoms with Crippen molar-refractivity contribution in [1.29, 1.82) is 0 Å². The van der Waals surface area contributed by atoms with Crippen molar-refractivity contribution in [3.8, 4) is 0 Å². The van der Waals surface area contributed by atoms with E-state index in [1.54, 1.807) is 19.1 Å². The summed E-state index contributed by atoms with van der Waals surface area (Å²) >= 11 is 0. The lowest BCUT2D eigenvalue weighted by Crippen LogP contribution is -2.26. The number of carboxylic acid groups (broad SMARTS) is 1. The largest absolute Gasteiger partial charge is 0.478 e. The number of aromatic carboxylic acids is 1. The molecule has 2 rings (SSSR count).